The molecule has 0 amide bonds. The molecule has 0 radical (unpaired) electrons. The van der Waals surface area contributed by atoms with Gasteiger partial charge in [0.2, 0.25) is 5.28 Å². The molecular formula is C20H24ClN5O8. The topological polar surface area (TPSA) is 153 Å². The van der Waals surface area contributed by atoms with E-state index in [1.165, 1.54) is 31.9 Å². The van der Waals surface area contributed by atoms with E-state index in [9.17, 15) is 14.4 Å². The van der Waals surface area contributed by atoms with Crippen LogP contribution in [-0.4, -0.2) is 82.1 Å². The van der Waals surface area contributed by atoms with Crippen molar-refractivity contribution in [1.82, 2.24) is 19.5 Å². The van der Waals surface area contributed by atoms with Crippen LogP contribution in [0, 0.1) is 0 Å². The molecule has 0 aromatic carbocycles. The van der Waals surface area contributed by atoms with E-state index in [1.54, 1.807) is 0 Å². The Bertz CT molecular complexity index is 1090. The molecule has 2 aliphatic rings. The van der Waals surface area contributed by atoms with Gasteiger partial charge in [0.25, 0.3) is 0 Å². The Morgan fingerprint density at radius 2 is 1.94 bits per heavy atom. The number of carbonyl (C=O) groups excluding carboxylic acids is 3. The Balaban J connectivity index is 1.74. The van der Waals surface area contributed by atoms with Crippen molar-refractivity contribution in [1.29, 1.82) is 0 Å². The van der Waals surface area contributed by atoms with Crippen LogP contribution in [0.2, 0.25) is 5.28 Å². The average molecular weight is 498 g/mol. The van der Waals surface area contributed by atoms with Crippen molar-refractivity contribution >= 4 is 46.5 Å². The van der Waals surface area contributed by atoms with E-state index in [-0.39, 0.29) is 17.7 Å². The first-order valence-corrected chi connectivity index (χ1v) is 11.0. The molecule has 2 fully saturated rings. The number of esters is 3. The molecule has 4 heterocycles. The lowest BCUT2D eigenvalue weighted by Gasteiger charge is -2.24. The smallest absolute Gasteiger partial charge is 0.308 e. The van der Waals surface area contributed by atoms with E-state index in [1.807, 2.05) is 0 Å². The van der Waals surface area contributed by atoms with Gasteiger partial charge < -0.3 is 29.0 Å². The fourth-order valence-corrected chi connectivity index (χ4v) is 4.29. The molecule has 0 bridgehead atoms. The van der Waals surface area contributed by atoms with Crippen molar-refractivity contribution in [2.24, 2.45) is 0 Å². The average Bonchev–Trinajstić information content (AvgIpc) is 3.47. The number of rotatable bonds is 7. The first-order chi connectivity index (χ1) is 16.3. The van der Waals surface area contributed by atoms with E-state index in [2.05, 4.69) is 20.3 Å². The van der Waals surface area contributed by atoms with Gasteiger partial charge in [0.1, 0.15) is 12.4 Å². The fourth-order valence-electron chi connectivity index (χ4n) is 4.03. The number of methoxy groups -OCH3 is 1. The predicted octanol–water partition coefficient (Wildman–Crippen LogP) is 1.00. The van der Waals surface area contributed by atoms with Crippen molar-refractivity contribution < 1.29 is 38.1 Å². The molecule has 4 rings (SSSR count). The van der Waals surface area contributed by atoms with Gasteiger partial charge in [-0.2, -0.15) is 0 Å². The number of carbonyl (C=O) groups is 3. The third-order valence-corrected chi connectivity index (χ3v) is 5.71. The second-order valence-electron chi connectivity index (χ2n) is 7.84. The van der Waals surface area contributed by atoms with Gasteiger partial charge in [0.05, 0.1) is 26.2 Å². The maximum absolute atomic E-state index is 12.0. The van der Waals surface area contributed by atoms with Crippen LogP contribution in [0.1, 0.15) is 32.9 Å². The number of halogens is 1. The highest BCUT2D eigenvalue weighted by molar-refractivity contribution is 6.29. The van der Waals surface area contributed by atoms with Gasteiger partial charge in [-0.1, -0.05) is 0 Å². The Labute approximate surface area is 199 Å². The molecular weight excluding hydrogens is 474 g/mol. The van der Waals surface area contributed by atoms with Crippen molar-refractivity contribution in [3.8, 4) is 0 Å². The third-order valence-electron chi connectivity index (χ3n) is 5.44. The number of nitrogens with zero attached hydrogens (tertiary/aromatic N) is 4. The lowest BCUT2D eigenvalue weighted by atomic mass is 10.1. The van der Waals surface area contributed by atoms with Gasteiger partial charge in [0, 0.05) is 20.5 Å². The van der Waals surface area contributed by atoms with E-state index in [4.69, 9.17) is 35.3 Å². The van der Waals surface area contributed by atoms with Crippen LogP contribution >= 0.6 is 11.6 Å². The Kier molecular flexibility index (Phi) is 7.14. The molecule has 13 nitrogen and oxygen atoms in total. The van der Waals surface area contributed by atoms with E-state index in [0.717, 1.165) is 6.42 Å². The summed E-state index contributed by atoms with van der Waals surface area (Å²) in [5, 5.41) is 3.24. The second-order valence-corrected chi connectivity index (χ2v) is 8.18. The van der Waals surface area contributed by atoms with Gasteiger partial charge in [0.15, 0.2) is 35.4 Å². The molecule has 2 saturated heterocycles. The number of aromatic nitrogens is 4. The summed E-state index contributed by atoms with van der Waals surface area (Å²) in [6.07, 6.45) is -2.43. The van der Waals surface area contributed by atoms with Crippen LogP contribution in [0.3, 0.4) is 0 Å². The van der Waals surface area contributed by atoms with Crippen LogP contribution in [-0.2, 0) is 38.1 Å². The van der Waals surface area contributed by atoms with Crippen molar-refractivity contribution in [3.05, 3.63) is 11.6 Å². The Hall–Kier alpha value is -3.03. The largest absolute Gasteiger partial charge is 0.469 e. The standard InChI is InChI=1S/C20H24ClN5O8/c1-9(27)32-15-12(6-13(29)30-3)34-19(16(15)33-10(2)28)26-18-14(25-20(26)21)17(22-8-23-18)24-11-4-5-31-7-11/h8,11-12,15-16,19H,4-7H2,1-3H3,(H,22,23,24). The zero-order valence-corrected chi connectivity index (χ0v) is 19.5. The van der Waals surface area contributed by atoms with Gasteiger partial charge in [-0.05, 0) is 18.0 Å². The SMILES string of the molecule is COC(=O)CC1OC(n2c(Cl)nc3c(NC4CCOC4)ncnc32)C(OC(C)=O)C1OC(C)=O. The molecule has 5 atom stereocenters. The molecule has 34 heavy (non-hydrogen) atoms. The lowest BCUT2D eigenvalue weighted by molar-refractivity contribution is -0.165. The molecule has 0 saturated carbocycles. The quantitative estimate of drug-likeness (QED) is 0.330. The van der Waals surface area contributed by atoms with Gasteiger partial charge in [-0.25, -0.2) is 15.0 Å². The predicted molar refractivity (Wildman–Crippen MR) is 115 cm³/mol. The van der Waals surface area contributed by atoms with Crippen LogP contribution in [0.15, 0.2) is 6.33 Å². The highest BCUT2D eigenvalue weighted by Gasteiger charge is 2.52. The van der Waals surface area contributed by atoms with Crippen molar-refractivity contribution in [2.75, 3.05) is 25.6 Å². The lowest BCUT2D eigenvalue weighted by Crippen LogP contribution is -2.39. The zero-order valence-electron chi connectivity index (χ0n) is 18.7. The Morgan fingerprint density at radius 1 is 1.21 bits per heavy atom. The summed E-state index contributed by atoms with van der Waals surface area (Å²) in [6, 6.07) is 0.0522. The van der Waals surface area contributed by atoms with Gasteiger partial charge in [-0.15, -0.1) is 0 Å². The molecule has 5 unspecified atom stereocenters. The third kappa shape index (κ3) is 4.91. The molecule has 0 aliphatic carbocycles. The molecule has 14 heteroatoms. The van der Waals surface area contributed by atoms with Crippen LogP contribution < -0.4 is 5.32 Å². The fraction of sp³-hybridized carbons (Fsp3) is 0.600. The Morgan fingerprint density at radius 3 is 2.59 bits per heavy atom. The minimum Gasteiger partial charge on any atom is -0.469 e. The summed E-state index contributed by atoms with van der Waals surface area (Å²) in [6.45, 7) is 3.57. The van der Waals surface area contributed by atoms with Crippen LogP contribution in [0.4, 0.5) is 5.82 Å². The minimum atomic E-state index is -1.14. The van der Waals surface area contributed by atoms with Crippen molar-refractivity contribution in [3.63, 3.8) is 0 Å². The number of imidazole rings is 1. The summed E-state index contributed by atoms with van der Waals surface area (Å²) in [4.78, 5) is 48.6. The maximum Gasteiger partial charge on any atom is 0.308 e. The van der Waals surface area contributed by atoms with Crippen molar-refractivity contribution in [2.45, 2.75) is 57.3 Å². The van der Waals surface area contributed by atoms with E-state index in [0.29, 0.717) is 30.2 Å². The first-order valence-electron chi connectivity index (χ1n) is 10.6. The van der Waals surface area contributed by atoms with E-state index >= 15 is 0 Å². The summed E-state index contributed by atoms with van der Waals surface area (Å²) in [5.41, 5.74) is 0.661. The molecule has 1 N–H and O–H groups in total. The zero-order chi connectivity index (χ0) is 24.4. The molecule has 0 spiro atoms. The molecule has 2 aliphatic heterocycles. The minimum absolute atomic E-state index is 0.0244. The summed E-state index contributed by atoms with van der Waals surface area (Å²) in [5.74, 6) is -1.44. The summed E-state index contributed by atoms with van der Waals surface area (Å²) in [7, 11) is 1.22. The number of hydrogen-bond donors (Lipinski definition) is 1. The van der Waals surface area contributed by atoms with Crippen LogP contribution in [0.5, 0.6) is 0 Å². The molecule has 2 aromatic heterocycles. The van der Waals surface area contributed by atoms with Crippen LogP contribution in [0.25, 0.3) is 11.2 Å². The number of ether oxygens (including phenoxy) is 5. The van der Waals surface area contributed by atoms with Gasteiger partial charge >= 0.3 is 17.9 Å². The maximum atomic E-state index is 12.0. The summed E-state index contributed by atoms with van der Waals surface area (Å²) >= 11 is 6.48. The monoisotopic (exact) mass is 497 g/mol. The normalized spacial score (nSPS) is 26.4. The summed E-state index contributed by atoms with van der Waals surface area (Å²) < 4.78 is 28.4. The highest BCUT2D eigenvalue weighted by atomic mass is 35.5. The molecule has 184 valence electrons. The number of anilines is 1. The number of fused-ring (bicyclic) bond motifs is 1. The number of nitrogens with one attached hydrogen (secondary N) is 1. The second kappa shape index (κ2) is 10.1. The molecule has 2 aromatic rings. The number of hydrogen-bond acceptors (Lipinski definition) is 12. The van der Waals surface area contributed by atoms with E-state index < -0.39 is 42.4 Å². The first kappa shape index (κ1) is 24.1. The highest BCUT2D eigenvalue weighted by Crippen LogP contribution is 2.39. The van der Waals surface area contributed by atoms with Gasteiger partial charge in [-0.3, -0.25) is 19.0 Å².